The molecule has 2 unspecified atom stereocenters. The molecule has 1 aromatic rings. The molecule has 1 aliphatic rings. The molecule has 19 heavy (non-hydrogen) atoms. The molecule has 0 amide bonds. The van der Waals surface area contributed by atoms with Gasteiger partial charge in [-0.15, -0.1) is 0 Å². The third kappa shape index (κ3) is 2.64. The quantitative estimate of drug-likeness (QED) is 0.877. The molecule has 2 atom stereocenters. The molecule has 2 heteroatoms. The van der Waals surface area contributed by atoms with Crippen molar-refractivity contribution in [1.29, 1.82) is 0 Å². The van der Waals surface area contributed by atoms with Crippen LogP contribution in [0, 0.1) is 12.3 Å². The summed E-state index contributed by atoms with van der Waals surface area (Å²) in [5, 5.41) is 9.83. The second-order valence-corrected chi connectivity index (χ2v) is 7.43. The Labute approximate surface area is 116 Å². The van der Waals surface area contributed by atoms with Crippen LogP contribution in [0.4, 0.5) is 0 Å². The van der Waals surface area contributed by atoms with Crippen molar-refractivity contribution in [1.82, 2.24) is 0 Å². The van der Waals surface area contributed by atoms with Gasteiger partial charge in [-0.1, -0.05) is 46.8 Å². The molecule has 1 fully saturated rings. The van der Waals surface area contributed by atoms with E-state index in [0.717, 1.165) is 12.2 Å². The number of aliphatic hydroxyl groups excluding tert-OH is 1. The summed E-state index contributed by atoms with van der Waals surface area (Å²) >= 11 is 0. The molecule has 0 aromatic heterocycles. The van der Waals surface area contributed by atoms with E-state index in [1.54, 1.807) is 0 Å². The molecule has 0 spiro atoms. The Kier molecular flexibility index (Phi) is 3.42. The average molecular weight is 262 g/mol. The van der Waals surface area contributed by atoms with Gasteiger partial charge in [0.05, 0.1) is 6.10 Å². The van der Waals surface area contributed by atoms with Gasteiger partial charge in [0, 0.05) is 11.8 Å². The predicted molar refractivity (Wildman–Crippen MR) is 78.7 cm³/mol. The van der Waals surface area contributed by atoms with Crippen LogP contribution in [0.25, 0.3) is 0 Å². The molecule has 0 bridgehead atoms. The Balaban J connectivity index is 2.28. The highest BCUT2D eigenvalue weighted by atomic mass is 16.5. The number of hydrogen-bond donors (Lipinski definition) is 1. The fourth-order valence-corrected chi connectivity index (χ4v) is 2.56. The summed E-state index contributed by atoms with van der Waals surface area (Å²) in [6, 6.07) is 6.41. The summed E-state index contributed by atoms with van der Waals surface area (Å²) in [6.45, 7) is 12.8. The summed E-state index contributed by atoms with van der Waals surface area (Å²) in [6.07, 6.45) is 0.579. The first-order chi connectivity index (χ1) is 8.62. The zero-order chi connectivity index (χ0) is 14.4. The fraction of sp³-hybridized carbons (Fsp3) is 0.647. The van der Waals surface area contributed by atoms with Crippen molar-refractivity contribution in [2.75, 3.05) is 0 Å². The maximum absolute atomic E-state index is 9.83. The molecule has 0 saturated heterocycles. The van der Waals surface area contributed by atoms with E-state index in [9.17, 15) is 5.11 Å². The van der Waals surface area contributed by atoms with Crippen LogP contribution in [0.15, 0.2) is 18.2 Å². The van der Waals surface area contributed by atoms with Gasteiger partial charge in [0.1, 0.15) is 11.9 Å². The van der Waals surface area contributed by atoms with Gasteiger partial charge < -0.3 is 9.84 Å². The van der Waals surface area contributed by atoms with Crippen LogP contribution in [0.5, 0.6) is 5.75 Å². The SMILES string of the molecule is Cc1ccc(C(C)(C)C)c(OC2CC(O)C2(C)C)c1. The summed E-state index contributed by atoms with van der Waals surface area (Å²) in [7, 11) is 0. The standard InChI is InChI=1S/C17H26O2/c1-11-7-8-12(16(2,3)4)13(9-11)19-15-10-14(18)17(15,5)6/h7-9,14-15,18H,10H2,1-6H3. The second kappa shape index (κ2) is 4.52. The van der Waals surface area contributed by atoms with Crippen LogP contribution in [0.2, 0.25) is 0 Å². The Morgan fingerprint density at radius 3 is 2.37 bits per heavy atom. The van der Waals surface area contributed by atoms with Gasteiger partial charge in [-0.25, -0.2) is 0 Å². The number of aryl methyl sites for hydroxylation is 1. The van der Waals surface area contributed by atoms with Crippen molar-refractivity contribution >= 4 is 0 Å². The van der Waals surface area contributed by atoms with Crippen LogP contribution < -0.4 is 4.74 Å². The van der Waals surface area contributed by atoms with E-state index in [2.05, 4.69) is 59.7 Å². The predicted octanol–water partition coefficient (Wildman–Crippen LogP) is 3.83. The molecule has 1 saturated carbocycles. The molecule has 2 rings (SSSR count). The molecule has 0 aliphatic heterocycles. The van der Waals surface area contributed by atoms with Crippen LogP contribution in [0.3, 0.4) is 0 Å². The first kappa shape index (κ1) is 14.4. The Morgan fingerprint density at radius 1 is 1.26 bits per heavy atom. The minimum atomic E-state index is -0.250. The number of hydrogen-bond acceptors (Lipinski definition) is 2. The minimum absolute atomic E-state index is 0.0650. The van der Waals surface area contributed by atoms with Crippen molar-refractivity contribution < 1.29 is 9.84 Å². The topological polar surface area (TPSA) is 29.5 Å². The van der Waals surface area contributed by atoms with Crippen molar-refractivity contribution in [3.05, 3.63) is 29.3 Å². The van der Waals surface area contributed by atoms with Gasteiger partial charge >= 0.3 is 0 Å². The summed E-state index contributed by atoms with van der Waals surface area (Å²) in [4.78, 5) is 0. The van der Waals surface area contributed by atoms with E-state index in [1.807, 2.05) is 0 Å². The molecular weight excluding hydrogens is 236 g/mol. The summed E-state index contributed by atoms with van der Waals surface area (Å²) in [5.41, 5.74) is 2.35. The fourth-order valence-electron chi connectivity index (χ4n) is 2.56. The van der Waals surface area contributed by atoms with Gasteiger partial charge in [0.2, 0.25) is 0 Å². The van der Waals surface area contributed by atoms with E-state index in [1.165, 1.54) is 11.1 Å². The molecule has 1 aromatic carbocycles. The summed E-state index contributed by atoms with van der Waals surface area (Å²) in [5.74, 6) is 0.970. The maximum Gasteiger partial charge on any atom is 0.123 e. The average Bonchev–Trinajstić information content (AvgIpc) is 2.27. The normalized spacial score (nSPS) is 25.8. The number of benzene rings is 1. The molecule has 0 heterocycles. The van der Waals surface area contributed by atoms with Crippen LogP contribution in [0.1, 0.15) is 52.2 Å². The van der Waals surface area contributed by atoms with E-state index in [0.29, 0.717) is 0 Å². The lowest BCUT2D eigenvalue weighted by atomic mass is 9.66. The van der Waals surface area contributed by atoms with E-state index < -0.39 is 0 Å². The molecule has 0 radical (unpaired) electrons. The van der Waals surface area contributed by atoms with Crippen LogP contribution in [-0.4, -0.2) is 17.3 Å². The van der Waals surface area contributed by atoms with Crippen LogP contribution in [-0.2, 0) is 5.41 Å². The summed E-state index contributed by atoms with van der Waals surface area (Å²) < 4.78 is 6.21. The highest BCUT2D eigenvalue weighted by molar-refractivity contribution is 5.41. The first-order valence-corrected chi connectivity index (χ1v) is 7.08. The maximum atomic E-state index is 9.83. The Bertz CT molecular complexity index is 469. The monoisotopic (exact) mass is 262 g/mol. The van der Waals surface area contributed by atoms with Gasteiger partial charge in [0.25, 0.3) is 0 Å². The largest absolute Gasteiger partial charge is 0.489 e. The highest BCUT2D eigenvalue weighted by Gasteiger charge is 2.49. The molecule has 1 N–H and O–H groups in total. The third-order valence-electron chi connectivity index (χ3n) is 4.34. The molecule has 106 valence electrons. The smallest absolute Gasteiger partial charge is 0.123 e. The van der Waals surface area contributed by atoms with E-state index in [4.69, 9.17) is 4.74 Å². The number of rotatable bonds is 2. The van der Waals surface area contributed by atoms with Crippen molar-refractivity contribution in [2.45, 2.75) is 65.6 Å². The van der Waals surface area contributed by atoms with Crippen molar-refractivity contribution in [3.63, 3.8) is 0 Å². The van der Waals surface area contributed by atoms with Crippen molar-refractivity contribution in [2.24, 2.45) is 5.41 Å². The van der Waals surface area contributed by atoms with Crippen LogP contribution >= 0.6 is 0 Å². The Morgan fingerprint density at radius 2 is 1.89 bits per heavy atom. The molecule has 1 aliphatic carbocycles. The van der Waals surface area contributed by atoms with Gasteiger partial charge in [-0.3, -0.25) is 0 Å². The van der Waals surface area contributed by atoms with E-state index in [-0.39, 0.29) is 23.0 Å². The first-order valence-electron chi connectivity index (χ1n) is 7.08. The number of ether oxygens (including phenoxy) is 1. The van der Waals surface area contributed by atoms with Crippen molar-refractivity contribution in [3.8, 4) is 5.75 Å². The lowest BCUT2D eigenvalue weighted by molar-refractivity contribution is -0.134. The van der Waals surface area contributed by atoms with Gasteiger partial charge in [-0.2, -0.15) is 0 Å². The van der Waals surface area contributed by atoms with E-state index >= 15 is 0 Å². The lowest BCUT2D eigenvalue weighted by Crippen LogP contribution is -2.56. The zero-order valence-electron chi connectivity index (χ0n) is 12.9. The second-order valence-electron chi connectivity index (χ2n) is 7.43. The lowest BCUT2D eigenvalue weighted by Gasteiger charge is -2.48. The third-order valence-corrected chi connectivity index (χ3v) is 4.34. The minimum Gasteiger partial charge on any atom is -0.489 e. The van der Waals surface area contributed by atoms with Gasteiger partial charge in [0.15, 0.2) is 0 Å². The number of aliphatic hydroxyl groups is 1. The zero-order valence-corrected chi connectivity index (χ0v) is 12.9. The van der Waals surface area contributed by atoms with Gasteiger partial charge in [-0.05, 0) is 29.5 Å². The molecule has 2 nitrogen and oxygen atoms in total. The molecular formula is C17H26O2. The Hall–Kier alpha value is -1.02. The highest BCUT2D eigenvalue weighted by Crippen LogP contribution is 2.44.